The Morgan fingerprint density at radius 3 is 2.35 bits per heavy atom. The Bertz CT molecular complexity index is 396. The van der Waals surface area contributed by atoms with Gasteiger partial charge in [0, 0.05) is 29.6 Å². The van der Waals surface area contributed by atoms with Crippen LogP contribution in [0.3, 0.4) is 0 Å². The van der Waals surface area contributed by atoms with Crippen molar-refractivity contribution in [2.45, 2.75) is 32.9 Å². The lowest BCUT2D eigenvalue weighted by Crippen LogP contribution is -2.55. The average molecular weight is 298 g/mol. The van der Waals surface area contributed by atoms with Crippen molar-refractivity contribution in [2.75, 3.05) is 25.0 Å². The Kier molecular flexibility index (Phi) is 3.73. The van der Waals surface area contributed by atoms with Crippen molar-refractivity contribution in [1.29, 1.82) is 0 Å². The summed E-state index contributed by atoms with van der Waals surface area (Å²) in [6, 6.07) is 5.33. The molecule has 1 aliphatic heterocycles. The number of likely N-dealkylation sites (N-methyl/N-ethyl adjacent to an activating group) is 1. The molecule has 0 aromatic carbocycles. The molecule has 1 aliphatic rings. The molecule has 2 rings (SSSR count). The van der Waals surface area contributed by atoms with Gasteiger partial charge < -0.3 is 4.90 Å². The van der Waals surface area contributed by atoms with E-state index in [9.17, 15) is 0 Å². The molecular formula is C13H20BrN3. The van der Waals surface area contributed by atoms with Crippen molar-refractivity contribution >= 4 is 21.7 Å². The second-order valence-corrected chi connectivity index (χ2v) is 5.86. The van der Waals surface area contributed by atoms with Crippen LogP contribution in [0.25, 0.3) is 0 Å². The maximum Gasteiger partial charge on any atom is 0.128 e. The second kappa shape index (κ2) is 4.94. The van der Waals surface area contributed by atoms with Crippen LogP contribution < -0.4 is 4.90 Å². The largest absolute Gasteiger partial charge is 0.353 e. The van der Waals surface area contributed by atoms with Crippen molar-refractivity contribution < 1.29 is 0 Å². The first-order valence-corrected chi connectivity index (χ1v) is 6.88. The molecule has 94 valence electrons. The molecule has 17 heavy (non-hydrogen) atoms. The zero-order valence-electron chi connectivity index (χ0n) is 10.9. The predicted molar refractivity (Wildman–Crippen MR) is 75.6 cm³/mol. The van der Waals surface area contributed by atoms with Crippen LogP contribution in [0.5, 0.6) is 0 Å². The van der Waals surface area contributed by atoms with E-state index in [1.807, 2.05) is 6.92 Å². The minimum absolute atomic E-state index is 0.574. The Morgan fingerprint density at radius 2 is 1.82 bits per heavy atom. The minimum atomic E-state index is 0.574. The molecule has 0 bridgehead atoms. The van der Waals surface area contributed by atoms with Gasteiger partial charge >= 0.3 is 0 Å². The number of hydrogen-bond donors (Lipinski definition) is 0. The summed E-state index contributed by atoms with van der Waals surface area (Å²) in [6.45, 7) is 8.68. The van der Waals surface area contributed by atoms with Crippen molar-refractivity contribution in [3.8, 4) is 0 Å². The van der Waals surface area contributed by atoms with Crippen LogP contribution in [-0.4, -0.2) is 42.1 Å². The number of pyridine rings is 1. The van der Waals surface area contributed by atoms with Gasteiger partial charge in [0.2, 0.25) is 0 Å². The topological polar surface area (TPSA) is 19.4 Å². The summed E-state index contributed by atoms with van der Waals surface area (Å²) in [7, 11) is 2.20. The number of hydrogen-bond acceptors (Lipinski definition) is 3. The summed E-state index contributed by atoms with van der Waals surface area (Å²) in [5.41, 5.74) is 1.06. The molecule has 0 spiro atoms. The zero-order chi connectivity index (χ0) is 12.6. The molecule has 0 amide bonds. The summed E-state index contributed by atoms with van der Waals surface area (Å²) in [5.74, 6) is 1.09. The molecule has 0 N–H and O–H groups in total. The Hall–Kier alpha value is -0.610. The first-order valence-electron chi connectivity index (χ1n) is 6.09. The standard InChI is InChI=1S/C13H20BrN3/c1-9-7-17(8-10(2)16(9)4)13-6-5-12(14)11(3)15-13/h5-6,9-10H,7-8H2,1-4H3. The number of rotatable bonds is 1. The number of aryl methyl sites for hydroxylation is 1. The van der Waals surface area contributed by atoms with Crippen LogP contribution in [0, 0.1) is 6.92 Å². The molecule has 1 aromatic heterocycles. The van der Waals surface area contributed by atoms with E-state index < -0.39 is 0 Å². The van der Waals surface area contributed by atoms with Gasteiger partial charge in [0.05, 0.1) is 5.69 Å². The zero-order valence-corrected chi connectivity index (χ0v) is 12.5. The monoisotopic (exact) mass is 297 g/mol. The Balaban J connectivity index is 2.20. The third-order valence-electron chi connectivity index (χ3n) is 3.69. The highest BCUT2D eigenvalue weighted by Gasteiger charge is 2.27. The van der Waals surface area contributed by atoms with Crippen LogP contribution in [0.1, 0.15) is 19.5 Å². The Morgan fingerprint density at radius 1 is 1.24 bits per heavy atom. The summed E-state index contributed by atoms with van der Waals surface area (Å²) < 4.78 is 1.08. The molecule has 4 heteroatoms. The quantitative estimate of drug-likeness (QED) is 0.794. The fraction of sp³-hybridized carbons (Fsp3) is 0.615. The van der Waals surface area contributed by atoms with Crippen LogP contribution >= 0.6 is 15.9 Å². The van der Waals surface area contributed by atoms with E-state index in [0.717, 1.165) is 29.1 Å². The molecular weight excluding hydrogens is 278 g/mol. The normalized spacial score (nSPS) is 26.3. The van der Waals surface area contributed by atoms with Gasteiger partial charge in [0.1, 0.15) is 5.82 Å². The highest BCUT2D eigenvalue weighted by Crippen LogP contribution is 2.22. The number of nitrogens with zero attached hydrogens (tertiary/aromatic N) is 3. The first-order chi connectivity index (χ1) is 7.99. The SMILES string of the molecule is Cc1nc(N2CC(C)N(C)C(C)C2)ccc1Br. The van der Waals surface area contributed by atoms with Crippen LogP contribution in [-0.2, 0) is 0 Å². The average Bonchev–Trinajstić information content (AvgIpc) is 2.29. The molecule has 2 unspecified atom stereocenters. The first kappa shape index (κ1) is 12.8. The summed E-state index contributed by atoms with van der Waals surface area (Å²) in [5, 5.41) is 0. The number of anilines is 1. The highest BCUT2D eigenvalue weighted by molar-refractivity contribution is 9.10. The third-order valence-corrected chi connectivity index (χ3v) is 4.53. The highest BCUT2D eigenvalue weighted by atomic mass is 79.9. The molecule has 0 aliphatic carbocycles. The molecule has 2 atom stereocenters. The van der Waals surface area contributed by atoms with Gasteiger partial charge in [-0.25, -0.2) is 4.98 Å². The lowest BCUT2D eigenvalue weighted by molar-refractivity contribution is 0.169. The van der Waals surface area contributed by atoms with Gasteiger partial charge in [-0.15, -0.1) is 0 Å². The maximum absolute atomic E-state index is 4.65. The third kappa shape index (κ3) is 2.63. The molecule has 0 saturated carbocycles. The van der Waals surface area contributed by atoms with Gasteiger partial charge in [-0.3, -0.25) is 4.90 Å². The summed E-state index contributed by atoms with van der Waals surface area (Å²) >= 11 is 3.50. The van der Waals surface area contributed by atoms with E-state index in [4.69, 9.17) is 0 Å². The van der Waals surface area contributed by atoms with Gasteiger partial charge in [0.25, 0.3) is 0 Å². The van der Waals surface area contributed by atoms with Gasteiger partial charge in [-0.2, -0.15) is 0 Å². The lowest BCUT2D eigenvalue weighted by Gasteiger charge is -2.43. The van der Waals surface area contributed by atoms with Crippen LogP contribution in [0.2, 0.25) is 0 Å². The summed E-state index contributed by atoms with van der Waals surface area (Å²) in [4.78, 5) is 9.47. The molecule has 1 saturated heterocycles. The molecule has 2 heterocycles. The Labute approximate surface area is 112 Å². The second-order valence-electron chi connectivity index (χ2n) is 5.01. The van der Waals surface area contributed by atoms with E-state index in [1.54, 1.807) is 0 Å². The maximum atomic E-state index is 4.65. The molecule has 3 nitrogen and oxygen atoms in total. The molecule has 0 radical (unpaired) electrons. The van der Waals surface area contributed by atoms with Crippen molar-refractivity contribution in [1.82, 2.24) is 9.88 Å². The predicted octanol–water partition coefficient (Wildman–Crippen LogP) is 2.68. The lowest BCUT2D eigenvalue weighted by atomic mass is 10.1. The van der Waals surface area contributed by atoms with Crippen molar-refractivity contribution in [3.63, 3.8) is 0 Å². The van der Waals surface area contributed by atoms with E-state index in [0.29, 0.717) is 12.1 Å². The fourth-order valence-corrected chi connectivity index (χ4v) is 2.52. The van der Waals surface area contributed by atoms with Crippen LogP contribution in [0.15, 0.2) is 16.6 Å². The number of halogens is 1. The van der Waals surface area contributed by atoms with Crippen molar-refractivity contribution in [2.24, 2.45) is 0 Å². The van der Waals surface area contributed by atoms with Gasteiger partial charge in [-0.1, -0.05) is 0 Å². The smallest absolute Gasteiger partial charge is 0.128 e. The molecule has 1 aromatic rings. The van der Waals surface area contributed by atoms with E-state index in [-0.39, 0.29) is 0 Å². The number of aromatic nitrogens is 1. The van der Waals surface area contributed by atoms with Gasteiger partial charge in [-0.05, 0) is 55.9 Å². The van der Waals surface area contributed by atoms with E-state index in [1.165, 1.54) is 0 Å². The van der Waals surface area contributed by atoms with Crippen LogP contribution in [0.4, 0.5) is 5.82 Å². The number of piperazine rings is 1. The van der Waals surface area contributed by atoms with E-state index >= 15 is 0 Å². The van der Waals surface area contributed by atoms with E-state index in [2.05, 4.69) is 63.7 Å². The summed E-state index contributed by atoms with van der Waals surface area (Å²) in [6.07, 6.45) is 0. The minimum Gasteiger partial charge on any atom is -0.353 e. The van der Waals surface area contributed by atoms with Crippen molar-refractivity contribution in [3.05, 3.63) is 22.3 Å². The molecule has 1 fully saturated rings. The fourth-order valence-electron chi connectivity index (χ4n) is 2.30. The van der Waals surface area contributed by atoms with Gasteiger partial charge in [0.15, 0.2) is 0 Å².